The molecule has 7 nitrogen and oxygen atoms in total. The fraction of sp³-hybridized carbons (Fsp3) is 0.583. The summed E-state index contributed by atoms with van der Waals surface area (Å²) < 4.78 is 5.22. The van der Waals surface area contributed by atoms with Crippen molar-refractivity contribution < 1.29 is 19.6 Å². The van der Waals surface area contributed by atoms with E-state index < -0.39 is 16.9 Å². The Kier molecular flexibility index (Phi) is 4.28. The molecule has 104 valence electrons. The van der Waals surface area contributed by atoms with Gasteiger partial charge in [0.1, 0.15) is 5.57 Å². The first kappa shape index (κ1) is 13.7. The Balaban J connectivity index is 2.21. The van der Waals surface area contributed by atoms with Gasteiger partial charge in [-0.15, -0.1) is 0 Å². The van der Waals surface area contributed by atoms with Gasteiger partial charge in [0, 0.05) is 31.0 Å². The van der Waals surface area contributed by atoms with Crippen LogP contribution < -0.4 is 0 Å². The highest BCUT2D eigenvalue weighted by Gasteiger charge is 2.34. The quantitative estimate of drug-likeness (QED) is 0.582. The van der Waals surface area contributed by atoms with E-state index >= 15 is 0 Å². The minimum atomic E-state index is -1.20. The number of carboxylic acid groups (broad SMARTS) is 1. The lowest BCUT2D eigenvalue weighted by Crippen LogP contribution is -2.39. The lowest BCUT2D eigenvalue weighted by molar-refractivity contribution is -0.510. The van der Waals surface area contributed by atoms with Gasteiger partial charge in [0.15, 0.2) is 0 Å². The van der Waals surface area contributed by atoms with E-state index in [1.165, 1.54) is 0 Å². The van der Waals surface area contributed by atoms with E-state index in [0.717, 1.165) is 0 Å². The van der Waals surface area contributed by atoms with Crippen LogP contribution in [0.2, 0.25) is 0 Å². The zero-order valence-corrected chi connectivity index (χ0v) is 10.4. The molecule has 1 aliphatic carbocycles. The molecule has 1 aliphatic heterocycles. The van der Waals surface area contributed by atoms with Crippen molar-refractivity contribution >= 4 is 5.97 Å². The van der Waals surface area contributed by atoms with Crippen molar-refractivity contribution in [1.82, 2.24) is 4.90 Å². The second-order valence-corrected chi connectivity index (χ2v) is 4.57. The van der Waals surface area contributed by atoms with Crippen molar-refractivity contribution in [1.29, 1.82) is 0 Å². The molecule has 1 fully saturated rings. The van der Waals surface area contributed by atoms with Crippen LogP contribution in [0.5, 0.6) is 0 Å². The number of aliphatic carboxylic acids is 1. The lowest BCUT2D eigenvalue weighted by Gasteiger charge is -2.28. The van der Waals surface area contributed by atoms with Crippen molar-refractivity contribution in [2.24, 2.45) is 0 Å². The molecule has 7 heteroatoms. The molecule has 1 saturated heterocycles. The van der Waals surface area contributed by atoms with Crippen LogP contribution in [0, 0.1) is 10.1 Å². The fourth-order valence-corrected chi connectivity index (χ4v) is 2.37. The highest BCUT2D eigenvalue weighted by atomic mass is 16.6. The SMILES string of the molecule is O=C(O)C1=C(CN2CCOCC2)C=CCC1[N+](=O)[O-]. The molecular formula is C12H16N2O5. The van der Waals surface area contributed by atoms with Gasteiger partial charge in [-0.3, -0.25) is 15.0 Å². The molecule has 0 radical (unpaired) electrons. The zero-order chi connectivity index (χ0) is 13.8. The van der Waals surface area contributed by atoms with E-state index in [-0.39, 0.29) is 12.0 Å². The Morgan fingerprint density at radius 1 is 1.53 bits per heavy atom. The van der Waals surface area contributed by atoms with Crippen LogP contribution in [-0.2, 0) is 9.53 Å². The van der Waals surface area contributed by atoms with E-state index in [0.29, 0.717) is 38.4 Å². The Bertz CT molecular complexity index is 437. The molecular weight excluding hydrogens is 252 g/mol. The van der Waals surface area contributed by atoms with Gasteiger partial charge in [0.05, 0.1) is 13.2 Å². The number of rotatable bonds is 4. The van der Waals surface area contributed by atoms with Gasteiger partial charge in [-0.2, -0.15) is 0 Å². The smallest absolute Gasteiger partial charge is 0.338 e. The summed E-state index contributed by atoms with van der Waals surface area (Å²) in [6, 6.07) is -1.14. The Morgan fingerprint density at radius 2 is 2.21 bits per heavy atom. The van der Waals surface area contributed by atoms with Gasteiger partial charge in [-0.05, 0) is 5.57 Å². The summed E-state index contributed by atoms with van der Waals surface area (Å²) in [5.41, 5.74) is 0.446. The maximum absolute atomic E-state index is 11.3. The summed E-state index contributed by atoms with van der Waals surface area (Å²) in [6.07, 6.45) is 3.51. The average Bonchev–Trinajstić information content (AvgIpc) is 2.39. The molecule has 0 aromatic heterocycles. The van der Waals surface area contributed by atoms with Crippen molar-refractivity contribution in [3.63, 3.8) is 0 Å². The summed E-state index contributed by atoms with van der Waals surface area (Å²) in [5, 5.41) is 20.2. The van der Waals surface area contributed by atoms with E-state index in [2.05, 4.69) is 4.90 Å². The van der Waals surface area contributed by atoms with E-state index in [4.69, 9.17) is 4.74 Å². The number of ether oxygens (including phenoxy) is 1. The highest BCUT2D eigenvalue weighted by molar-refractivity contribution is 5.89. The third-order valence-corrected chi connectivity index (χ3v) is 3.34. The molecule has 0 saturated carbocycles. The molecule has 2 rings (SSSR count). The van der Waals surface area contributed by atoms with Gasteiger partial charge in [-0.1, -0.05) is 12.2 Å². The zero-order valence-electron chi connectivity index (χ0n) is 10.4. The summed E-state index contributed by atoms with van der Waals surface area (Å²) in [6.45, 7) is 3.07. The Morgan fingerprint density at radius 3 is 2.79 bits per heavy atom. The molecule has 19 heavy (non-hydrogen) atoms. The van der Waals surface area contributed by atoms with Crippen LogP contribution in [-0.4, -0.2) is 59.8 Å². The fourth-order valence-electron chi connectivity index (χ4n) is 2.37. The first-order valence-corrected chi connectivity index (χ1v) is 6.16. The standard InChI is InChI=1S/C12H16N2O5/c15-12(16)11-9(2-1-3-10(11)14(17)18)8-13-4-6-19-7-5-13/h1-2,10H,3-8H2,(H,15,16). The highest BCUT2D eigenvalue weighted by Crippen LogP contribution is 2.23. The number of hydrogen-bond acceptors (Lipinski definition) is 5. The predicted octanol–water partition coefficient (Wildman–Crippen LogP) is 0.305. The number of nitro groups is 1. The lowest BCUT2D eigenvalue weighted by atomic mass is 9.92. The van der Waals surface area contributed by atoms with Crippen molar-refractivity contribution in [3.8, 4) is 0 Å². The summed E-state index contributed by atoms with van der Waals surface area (Å²) in [4.78, 5) is 23.8. The molecule has 0 aromatic carbocycles. The number of nitrogens with zero attached hydrogens (tertiary/aromatic N) is 2. The van der Waals surface area contributed by atoms with Crippen LogP contribution in [0.4, 0.5) is 0 Å². The Labute approximate surface area is 110 Å². The second kappa shape index (κ2) is 5.94. The number of hydrogen-bond donors (Lipinski definition) is 1. The molecule has 0 spiro atoms. The maximum atomic E-state index is 11.3. The second-order valence-electron chi connectivity index (χ2n) is 4.57. The maximum Gasteiger partial charge on any atom is 0.338 e. The van der Waals surface area contributed by atoms with E-state index in [1.54, 1.807) is 12.2 Å². The van der Waals surface area contributed by atoms with Crippen LogP contribution >= 0.6 is 0 Å². The third kappa shape index (κ3) is 3.18. The van der Waals surface area contributed by atoms with E-state index in [1.807, 2.05) is 0 Å². The first-order chi connectivity index (χ1) is 9.09. The molecule has 0 amide bonds. The minimum Gasteiger partial charge on any atom is -0.478 e. The predicted molar refractivity (Wildman–Crippen MR) is 66.5 cm³/mol. The molecule has 2 aliphatic rings. The van der Waals surface area contributed by atoms with E-state index in [9.17, 15) is 20.0 Å². The largest absolute Gasteiger partial charge is 0.478 e. The Hall–Kier alpha value is -1.73. The van der Waals surface area contributed by atoms with Gasteiger partial charge >= 0.3 is 5.97 Å². The third-order valence-electron chi connectivity index (χ3n) is 3.34. The minimum absolute atomic E-state index is 0.0843. The van der Waals surface area contributed by atoms with Crippen LogP contribution in [0.3, 0.4) is 0 Å². The molecule has 1 heterocycles. The van der Waals surface area contributed by atoms with Gasteiger partial charge in [0.2, 0.25) is 6.04 Å². The monoisotopic (exact) mass is 268 g/mol. The normalized spacial score (nSPS) is 24.5. The molecule has 1 atom stereocenters. The summed E-state index contributed by atoms with van der Waals surface area (Å²) in [5.74, 6) is -1.20. The molecule has 1 unspecified atom stereocenters. The van der Waals surface area contributed by atoms with Crippen LogP contribution in [0.15, 0.2) is 23.3 Å². The van der Waals surface area contributed by atoms with Crippen molar-refractivity contribution in [3.05, 3.63) is 33.4 Å². The van der Waals surface area contributed by atoms with Crippen LogP contribution in [0.1, 0.15) is 6.42 Å². The van der Waals surface area contributed by atoms with Crippen molar-refractivity contribution in [2.45, 2.75) is 12.5 Å². The molecule has 0 aromatic rings. The van der Waals surface area contributed by atoms with Crippen molar-refractivity contribution in [2.75, 3.05) is 32.8 Å². The average molecular weight is 268 g/mol. The number of morpholine rings is 1. The van der Waals surface area contributed by atoms with Gasteiger partial charge in [0.25, 0.3) is 0 Å². The van der Waals surface area contributed by atoms with Crippen LogP contribution in [0.25, 0.3) is 0 Å². The van der Waals surface area contributed by atoms with Gasteiger partial charge < -0.3 is 9.84 Å². The number of carbonyl (C=O) groups is 1. The molecule has 1 N–H and O–H groups in total. The van der Waals surface area contributed by atoms with Gasteiger partial charge in [-0.25, -0.2) is 4.79 Å². The summed E-state index contributed by atoms with van der Waals surface area (Å²) in [7, 11) is 0. The first-order valence-electron chi connectivity index (χ1n) is 6.16. The number of carboxylic acids is 1. The summed E-state index contributed by atoms with van der Waals surface area (Å²) >= 11 is 0. The topological polar surface area (TPSA) is 92.9 Å². The molecule has 0 bridgehead atoms.